The lowest BCUT2D eigenvalue weighted by Gasteiger charge is -2.28. The van der Waals surface area contributed by atoms with E-state index in [-0.39, 0.29) is 0 Å². The quantitative estimate of drug-likeness (QED) is 0.905. The first kappa shape index (κ1) is 12.6. The van der Waals surface area contributed by atoms with Gasteiger partial charge in [-0.1, -0.05) is 13.8 Å². The minimum absolute atomic E-state index is 0.479. The molecule has 104 valence electrons. The highest BCUT2D eigenvalue weighted by atomic mass is 16.5. The first-order valence-electron chi connectivity index (χ1n) is 7.29. The topological polar surface area (TPSA) is 51.4 Å². The molecule has 1 aromatic heterocycles. The van der Waals surface area contributed by atoms with E-state index in [9.17, 15) is 0 Å². The van der Waals surface area contributed by atoms with Gasteiger partial charge in [-0.2, -0.15) is 4.98 Å². The summed E-state index contributed by atoms with van der Waals surface area (Å²) in [7, 11) is 0. The van der Waals surface area contributed by atoms with Crippen LogP contribution in [0.5, 0.6) is 5.88 Å². The van der Waals surface area contributed by atoms with Gasteiger partial charge in [-0.25, -0.2) is 0 Å². The van der Waals surface area contributed by atoms with Crippen LogP contribution in [0.2, 0.25) is 0 Å². The van der Waals surface area contributed by atoms with Gasteiger partial charge < -0.3 is 15.4 Å². The van der Waals surface area contributed by atoms with Crippen molar-refractivity contribution in [2.45, 2.75) is 39.2 Å². The number of ether oxygens (including phenoxy) is 1. The van der Waals surface area contributed by atoms with Crippen molar-refractivity contribution in [2.75, 3.05) is 23.8 Å². The Bertz CT molecular complexity index is 461. The van der Waals surface area contributed by atoms with Crippen LogP contribution in [-0.4, -0.2) is 24.2 Å². The third kappa shape index (κ3) is 2.48. The Morgan fingerprint density at radius 1 is 1.42 bits per heavy atom. The van der Waals surface area contributed by atoms with E-state index in [1.807, 2.05) is 12.1 Å². The molecule has 19 heavy (non-hydrogen) atoms. The Morgan fingerprint density at radius 2 is 2.26 bits per heavy atom. The van der Waals surface area contributed by atoms with Crippen molar-refractivity contribution in [1.29, 1.82) is 0 Å². The molecule has 2 atom stereocenters. The van der Waals surface area contributed by atoms with Gasteiger partial charge in [0.2, 0.25) is 5.88 Å². The minimum Gasteiger partial charge on any atom is -0.476 e. The number of nitrogens with two attached hydrogens (primary N) is 1. The van der Waals surface area contributed by atoms with Gasteiger partial charge in [0.15, 0.2) is 0 Å². The normalized spacial score (nSPS) is 25.3. The van der Waals surface area contributed by atoms with Gasteiger partial charge >= 0.3 is 0 Å². The molecule has 2 N–H and O–H groups in total. The summed E-state index contributed by atoms with van der Waals surface area (Å²) in [6, 6.07) is 4.63. The lowest BCUT2D eigenvalue weighted by Crippen LogP contribution is -2.32. The SMILES string of the molecule is CC(C)COc1nc(N2CC3CCC2C3)ccc1N. The lowest BCUT2D eigenvalue weighted by atomic mass is 10.1. The first-order valence-corrected chi connectivity index (χ1v) is 7.29. The summed E-state index contributed by atoms with van der Waals surface area (Å²) >= 11 is 0. The lowest BCUT2D eigenvalue weighted by molar-refractivity contribution is 0.263. The summed E-state index contributed by atoms with van der Waals surface area (Å²) in [4.78, 5) is 7.05. The molecule has 1 aromatic rings. The molecule has 0 amide bonds. The van der Waals surface area contributed by atoms with Gasteiger partial charge in [0.25, 0.3) is 0 Å². The number of pyridine rings is 1. The molecular weight excluding hydrogens is 238 g/mol. The number of piperidine rings is 1. The van der Waals surface area contributed by atoms with Crippen LogP contribution in [0.25, 0.3) is 0 Å². The summed E-state index contributed by atoms with van der Waals surface area (Å²) in [5, 5.41) is 0. The zero-order chi connectivity index (χ0) is 13.4. The average Bonchev–Trinajstić information content (AvgIpc) is 3.00. The number of fused-ring (bicyclic) bond motifs is 2. The van der Waals surface area contributed by atoms with Crippen molar-refractivity contribution in [3.63, 3.8) is 0 Å². The molecule has 2 bridgehead atoms. The van der Waals surface area contributed by atoms with Gasteiger partial charge in [-0.15, -0.1) is 0 Å². The van der Waals surface area contributed by atoms with Crippen molar-refractivity contribution < 1.29 is 4.74 Å². The number of rotatable bonds is 4. The average molecular weight is 261 g/mol. The second kappa shape index (κ2) is 4.91. The maximum atomic E-state index is 5.94. The predicted octanol–water partition coefficient (Wildman–Crippen LogP) is 2.69. The Kier molecular flexibility index (Phi) is 3.25. The zero-order valence-corrected chi connectivity index (χ0v) is 11.8. The van der Waals surface area contributed by atoms with Crippen LogP contribution in [0.15, 0.2) is 12.1 Å². The maximum absolute atomic E-state index is 5.94. The van der Waals surface area contributed by atoms with E-state index in [0.29, 0.717) is 30.1 Å². The fourth-order valence-electron chi connectivity index (χ4n) is 3.17. The molecule has 0 aromatic carbocycles. The predicted molar refractivity (Wildman–Crippen MR) is 77.5 cm³/mol. The van der Waals surface area contributed by atoms with Gasteiger partial charge in [0.1, 0.15) is 5.82 Å². The molecule has 0 radical (unpaired) electrons. The molecule has 1 saturated heterocycles. The summed E-state index contributed by atoms with van der Waals surface area (Å²) in [6.07, 6.45) is 4.01. The molecule has 1 aliphatic carbocycles. The van der Waals surface area contributed by atoms with Gasteiger partial charge in [-0.05, 0) is 43.2 Å². The number of hydrogen-bond donors (Lipinski definition) is 1. The molecule has 3 rings (SSSR count). The molecule has 4 nitrogen and oxygen atoms in total. The van der Waals surface area contributed by atoms with Gasteiger partial charge in [0, 0.05) is 12.6 Å². The van der Waals surface area contributed by atoms with Crippen molar-refractivity contribution in [1.82, 2.24) is 4.98 Å². The third-order valence-electron chi connectivity index (χ3n) is 4.13. The Balaban J connectivity index is 1.77. The number of anilines is 2. The second-order valence-corrected chi connectivity index (χ2v) is 6.25. The Morgan fingerprint density at radius 3 is 2.89 bits per heavy atom. The van der Waals surface area contributed by atoms with Crippen molar-refractivity contribution >= 4 is 11.5 Å². The van der Waals surface area contributed by atoms with Crippen LogP contribution in [0.1, 0.15) is 33.1 Å². The Hall–Kier alpha value is -1.45. The highest BCUT2D eigenvalue weighted by molar-refractivity contribution is 5.55. The summed E-state index contributed by atoms with van der Waals surface area (Å²) in [5.41, 5.74) is 6.58. The molecule has 1 aliphatic heterocycles. The van der Waals surface area contributed by atoms with Gasteiger partial charge in [-0.3, -0.25) is 0 Å². The van der Waals surface area contributed by atoms with Crippen LogP contribution >= 0.6 is 0 Å². The fourth-order valence-corrected chi connectivity index (χ4v) is 3.17. The number of nitrogen functional groups attached to an aromatic ring is 1. The standard InChI is InChI=1S/C15H23N3O/c1-10(2)9-19-15-13(16)5-6-14(17-15)18-8-11-3-4-12(18)7-11/h5-6,10-12H,3-4,7-9,16H2,1-2H3. The summed E-state index contributed by atoms with van der Waals surface area (Å²) < 4.78 is 5.72. The number of aromatic nitrogens is 1. The zero-order valence-electron chi connectivity index (χ0n) is 11.8. The maximum Gasteiger partial charge on any atom is 0.239 e. The van der Waals surface area contributed by atoms with Crippen LogP contribution in [-0.2, 0) is 0 Å². The molecule has 2 heterocycles. The van der Waals surface area contributed by atoms with E-state index in [0.717, 1.165) is 18.3 Å². The molecule has 4 heteroatoms. The largest absolute Gasteiger partial charge is 0.476 e. The molecule has 2 unspecified atom stereocenters. The molecule has 2 fully saturated rings. The van der Waals surface area contributed by atoms with E-state index in [4.69, 9.17) is 10.5 Å². The highest BCUT2D eigenvalue weighted by Gasteiger charge is 2.38. The Labute approximate surface area is 115 Å². The molecule has 1 saturated carbocycles. The molecule has 0 spiro atoms. The smallest absolute Gasteiger partial charge is 0.239 e. The fraction of sp³-hybridized carbons (Fsp3) is 0.667. The number of nitrogens with zero attached hydrogens (tertiary/aromatic N) is 2. The van der Waals surface area contributed by atoms with Crippen LogP contribution in [0.3, 0.4) is 0 Å². The van der Waals surface area contributed by atoms with E-state index in [2.05, 4.69) is 23.7 Å². The van der Waals surface area contributed by atoms with E-state index in [1.165, 1.54) is 19.3 Å². The minimum atomic E-state index is 0.479. The molecule has 2 aliphatic rings. The van der Waals surface area contributed by atoms with E-state index in [1.54, 1.807) is 0 Å². The van der Waals surface area contributed by atoms with Crippen LogP contribution in [0.4, 0.5) is 11.5 Å². The van der Waals surface area contributed by atoms with E-state index >= 15 is 0 Å². The van der Waals surface area contributed by atoms with Crippen molar-refractivity contribution in [3.05, 3.63) is 12.1 Å². The monoisotopic (exact) mass is 261 g/mol. The third-order valence-corrected chi connectivity index (χ3v) is 4.13. The van der Waals surface area contributed by atoms with Gasteiger partial charge in [0.05, 0.1) is 12.3 Å². The van der Waals surface area contributed by atoms with Crippen molar-refractivity contribution in [3.8, 4) is 5.88 Å². The molecular formula is C15H23N3O. The van der Waals surface area contributed by atoms with Crippen LogP contribution < -0.4 is 15.4 Å². The first-order chi connectivity index (χ1) is 9.13. The summed E-state index contributed by atoms with van der Waals surface area (Å²) in [5.74, 6) is 2.96. The van der Waals surface area contributed by atoms with E-state index < -0.39 is 0 Å². The van der Waals surface area contributed by atoms with Crippen molar-refractivity contribution in [2.24, 2.45) is 11.8 Å². The number of hydrogen-bond acceptors (Lipinski definition) is 4. The highest BCUT2D eigenvalue weighted by Crippen LogP contribution is 2.40. The van der Waals surface area contributed by atoms with Crippen LogP contribution in [0, 0.1) is 11.8 Å². The summed E-state index contributed by atoms with van der Waals surface area (Å²) in [6.45, 7) is 6.05. The second-order valence-electron chi connectivity index (χ2n) is 6.25.